The third-order valence-electron chi connectivity index (χ3n) is 2.20. The van der Waals surface area contributed by atoms with Crippen LogP contribution in [0, 0.1) is 28.8 Å². The zero-order valence-corrected chi connectivity index (χ0v) is 9.80. The number of carbonyl (C=O) groups is 2. The lowest BCUT2D eigenvalue weighted by atomic mass is 10.0. The molecule has 0 saturated heterocycles. The van der Waals surface area contributed by atoms with Crippen LogP contribution < -0.4 is 0 Å². The molecule has 0 aliphatic carbocycles. The Balaban J connectivity index is 3.02. The summed E-state index contributed by atoms with van der Waals surface area (Å²) in [5, 5.41) is 8.50. The van der Waals surface area contributed by atoms with Crippen molar-refractivity contribution in [2.45, 2.75) is 13.3 Å². The Morgan fingerprint density at radius 3 is 2.47 bits per heavy atom. The van der Waals surface area contributed by atoms with Gasteiger partial charge in [-0.2, -0.15) is 5.26 Å². The van der Waals surface area contributed by atoms with Crippen LogP contribution in [-0.2, 0) is 9.53 Å². The molecule has 0 aromatic heterocycles. The van der Waals surface area contributed by atoms with Gasteiger partial charge in [0, 0.05) is 13.3 Å². The second kappa shape index (κ2) is 6.00. The number of ether oxygens (including phenoxy) is 1. The molecule has 4 nitrogen and oxygen atoms in total. The Hall–Kier alpha value is -2.36. The number of benzene rings is 1. The van der Waals surface area contributed by atoms with E-state index < -0.39 is 46.8 Å². The van der Waals surface area contributed by atoms with Crippen LogP contribution in [0.1, 0.15) is 29.3 Å². The number of Topliss-reactive ketones (excluding diaryl/α,β-unsaturated/α-hetero) is 1. The van der Waals surface area contributed by atoms with Crippen LogP contribution >= 0.6 is 0 Å². The zero-order chi connectivity index (χ0) is 14.6. The summed E-state index contributed by atoms with van der Waals surface area (Å²) >= 11 is 0. The average molecular weight is 271 g/mol. The number of carbonyl (C=O) groups excluding carboxylic acids is 2. The van der Waals surface area contributed by atoms with Crippen LogP contribution in [0.4, 0.5) is 13.2 Å². The van der Waals surface area contributed by atoms with Crippen molar-refractivity contribution < 1.29 is 27.5 Å². The fourth-order valence-corrected chi connectivity index (χ4v) is 1.33. The third-order valence-corrected chi connectivity index (χ3v) is 2.20. The summed E-state index contributed by atoms with van der Waals surface area (Å²) in [7, 11) is 0. The number of halogens is 3. The predicted molar refractivity (Wildman–Crippen MR) is 56.6 cm³/mol. The van der Waals surface area contributed by atoms with Gasteiger partial charge < -0.3 is 4.74 Å². The summed E-state index contributed by atoms with van der Waals surface area (Å²) in [5.41, 5.74) is -1.90. The molecule has 100 valence electrons. The van der Waals surface area contributed by atoms with Gasteiger partial charge in [0.25, 0.3) is 0 Å². The molecule has 0 bridgehead atoms. The first-order valence-corrected chi connectivity index (χ1v) is 5.12. The van der Waals surface area contributed by atoms with E-state index in [1.54, 1.807) is 0 Å². The number of ketones is 1. The van der Waals surface area contributed by atoms with Gasteiger partial charge >= 0.3 is 5.97 Å². The van der Waals surface area contributed by atoms with Crippen molar-refractivity contribution in [2.75, 3.05) is 6.61 Å². The molecule has 0 fully saturated rings. The molecule has 7 heteroatoms. The fraction of sp³-hybridized carbons (Fsp3) is 0.250. The van der Waals surface area contributed by atoms with Crippen molar-refractivity contribution >= 4 is 11.8 Å². The molecule has 0 unspecified atom stereocenters. The topological polar surface area (TPSA) is 67.2 Å². The quantitative estimate of drug-likeness (QED) is 0.478. The lowest BCUT2D eigenvalue weighted by molar-refractivity contribution is -0.140. The minimum atomic E-state index is -1.64. The summed E-state index contributed by atoms with van der Waals surface area (Å²) in [6.45, 7) is 0.810. The molecule has 0 N–H and O–H groups in total. The molecule has 0 amide bonds. The van der Waals surface area contributed by atoms with E-state index in [4.69, 9.17) is 5.26 Å². The fourth-order valence-electron chi connectivity index (χ4n) is 1.33. The maximum absolute atomic E-state index is 13.6. The molecular weight excluding hydrogens is 263 g/mol. The Morgan fingerprint density at radius 1 is 1.32 bits per heavy atom. The SMILES string of the molecule is CC(=O)OCCC(=O)c1cc(F)c(F)c(C#N)c1F. The molecule has 1 aromatic rings. The molecule has 0 spiro atoms. The number of esters is 1. The van der Waals surface area contributed by atoms with E-state index >= 15 is 0 Å². The Kier molecular flexibility index (Phi) is 4.64. The minimum absolute atomic E-state index is 0.311. The van der Waals surface area contributed by atoms with Crippen molar-refractivity contribution in [3.05, 3.63) is 34.6 Å². The average Bonchev–Trinajstić information content (AvgIpc) is 2.34. The first-order valence-electron chi connectivity index (χ1n) is 5.12. The standard InChI is InChI=1S/C12H8F3NO3/c1-6(17)19-3-2-10(18)7-4-9(13)12(15)8(5-16)11(7)14/h4H,2-3H2,1H3. The van der Waals surface area contributed by atoms with Crippen molar-refractivity contribution in [3.63, 3.8) is 0 Å². The van der Waals surface area contributed by atoms with Crippen molar-refractivity contribution in [2.24, 2.45) is 0 Å². The summed E-state index contributed by atoms with van der Waals surface area (Å²) < 4.78 is 44.2. The molecule has 0 radical (unpaired) electrons. The summed E-state index contributed by atoms with van der Waals surface area (Å²) in [6.07, 6.45) is -0.396. The van der Waals surface area contributed by atoms with Gasteiger partial charge in [-0.15, -0.1) is 0 Å². The van der Waals surface area contributed by atoms with Crippen LogP contribution in [0.5, 0.6) is 0 Å². The predicted octanol–water partition coefficient (Wildman–Crippen LogP) is 2.11. The van der Waals surface area contributed by atoms with Gasteiger partial charge in [0.2, 0.25) is 0 Å². The van der Waals surface area contributed by atoms with Crippen LogP contribution in [0.25, 0.3) is 0 Å². The largest absolute Gasteiger partial charge is 0.465 e. The monoisotopic (exact) mass is 271 g/mol. The summed E-state index contributed by atoms with van der Waals surface area (Å²) in [5.74, 6) is -6.08. The second-order valence-electron chi connectivity index (χ2n) is 3.53. The van der Waals surface area contributed by atoms with Gasteiger partial charge in [0.1, 0.15) is 11.6 Å². The molecule has 1 aromatic carbocycles. The zero-order valence-electron chi connectivity index (χ0n) is 9.80. The van der Waals surface area contributed by atoms with E-state index in [9.17, 15) is 22.8 Å². The van der Waals surface area contributed by atoms with Gasteiger partial charge in [-0.3, -0.25) is 9.59 Å². The van der Waals surface area contributed by atoms with Gasteiger partial charge in [-0.1, -0.05) is 0 Å². The van der Waals surface area contributed by atoms with E-state index in [2.05, 4.69) is 4.74 Å². The number of nitrogens with zero attached hydrogens (tertiary/aromatic N) is 1. The molecule has 0 saturated carbocycles. The number of rotatable bonds is 4. The highest BCUT2D eigenvalue weighted by atomic mass is 19.2. The van der Waals surface area contributed by atoms with Crippen molar-refractivity contribution in [3.8, 4) is 6.07 Å². The maximum Gasteiger partial charge on any atom is 0.302 e. The van der Waals surface area contributed by atoms with E-state index in [1.165, 1.54) is 0 Å². The molecular formula is C12H8F3NO3. The Morgan fingerprint density at radius 2 is 1.95 bits per heavy atom. The molecule has 0 atom stereocenters. The maximum atomic E-state index is 13.6. The van der Waals surface area contributed by atoms with E-state index in [0.717, 1.165) is 13.0 Å². The molecule has 0 aliphatic rings. The lowest BCUT2D eigenvalue weighted by Gasteiger charge is -2.06. The first kappa shape index (κ1) is 14.7. The van der Waals surface area contributed by atoms with Gasteiger partial charge in [-0.05, 0) is 6.07 Å². The van der Waals surface area contributed by atoms with Crippen LogP contribution in [-0.4, -0.2) is 18.4 Å². The minimum Gasteiger partial charge on any atom is -0.465 e. The van der Waals surface area contributed by atoms with Crippen LogP contribution in [0.3, 0.4) is 0 Å². The molecule has 0 aliphatic heterocycles. The number of hydrogen-bond acceptors (Lipinski definition) is 4. The Labute approximate surface area is 106 Å². The van der Waals surface area contributed by atoms with Crippen LogP contribution in [0.2, 0.25) is 0 Å². The molecule has 0 heterocycles. The molecule has 19 heavy (non-hydrogen) atoms. The highest BCUT2D eigenvalue weighted by molar-refractivity contribution is 5.96. The summed E-state index contributed by atoms with van der Waals surface area (Å²) in [4.78, 5) is 22.0. The number of nitriles is 1. The number of hydrogen-bond donors (Lipinski definition) is 0. The van der Waals surface area contributed by atoms with E-state index in [0.29, 0.717) is 6.07 Å². The third kappa shape index (κ3) is 3.31. The van der Waals surface area contributed by atoms with Gasteiger partial charge in [0.15, 0.2) is 23.2 Å². The van der Waals surface area contributed by atoms with Crippen LogP contribution in [0.15, 0.2) is 6.07 Å². The molecule has 1 rings (SSSR count). The second-order valence-corrected chi connectivity index (χ2v) is 3.53. The smallest absolute Gasteiger partial charge is 0.302 e. The van der Waals surface area contributed by atoms with Gasteiger partial charge in [0.05, 0.1) is 12.2 Å². The highest BCUT2D eigenvalue weighted by Crippen LogP contribution is 2.20. The summed E-state index contributed by atoms with van der Waals surface area (Å²) in [6, 6.07) is 1.52. The van der Waals surface area contributed by atoms with Gasteiger partial charge in [-0.25, -0.2) is 13.2 Å². The lowest BCUT2D eigenvalue weighted by Crippen LogP contribution is -2.11. The normalized spacial score (nSPS) is 9.84. The van der Waals surface area contributed by atoms with Crippen molar-refractivity contribution in [1.29, 1.82) is 5.26 Å². The van der Waals surface area contributed by atoms with E-state index in [1.807, 2.05) is 0 Å². The van der Waals surface area contributed by atoms with E-state index in [-0.39, 0.29) is 6.61 Å². The van der Waals surface area contributed by atoms with Crippen molar-refractivity contribution in [1.82, 2.24) is 0 Å². The first-order chi connectivity index (χ1) is 8.88. The Bertz CT molecular complexity index is 579. The highest BCUT2D eigenvalue weighted by Gasteiger charge is 2.22.